The molecular weight excluding hydrogens is 254 g/mol. The highest BCUT2D eigenvalue weighted by atomic mass is 35.5. The smallest absolute Gasteiger partial charge is 0.309 e. The largest absolute Gasteiger partial charge is 0.455 e. The minimum atomic E-state index is -0.362. The summed E-state index contributed by atoms with van der Waals surface area (Å²) < 4.78 is 4.92. The first-order chi connectivity index (χ1) is 8.56. The van der Waals surface area contributed by atoms with E-state index in [1.807, 2.05) is 6.92 Å². The van der Waals surface area contributed by atoms with Gasteiger partial charge in [-0.3, -0.25) is 9.59 Å². The molecule has 1 aromatic carbocycles. The Morgan fingerprint density at radius 3 is 2.83 bits per heavy atom. The van der Waals surface area contributed by atoms with Gasteiger partial charge in [-0.25, -0.2) is 0 Å². The number of nitrogens with one attached hydrogen (secondary N) is 1. The van der Waals surface area contributed by atoms with Crippen LogP contribution in [0.3, 0.4) is 0 Å². The Hall–Kier alpha value is -1.55. The summed E-state index contributed by atoms with van der Waals surface area (Å²) in [6, 6.07) is 6.79. The van der Waals surface area contributed by atoms with Crippen LogP contribution < -0.4 is 5.32 Å². The fraction of sp³-hybridized carbons (Fsp3) is 0.385. The van der Waals surface area contributed by atoms with Gasteiger partial charge in [-0.2, -0.15) is 0 Å². The average molecular weight is 268 g/mol. The minimum Gasteiger partial charge on any atom is -0.455 e. The van der Waals surface area contributed by atoms with E-state index in [9.17, 15) is 9.59 Å². The Labute approximate surface area is 110 Å². The molecule has 1 amide bonds. The molecule has 5 heteroatoms. The summed E-state index contributed by atoms with van der Waals surface area (Å²) >= 11 is 5.79. The van der Waals surface area contributed by atoms with E-state index < -0.39 is 0 Å². The van der Waals surface area contributed by atoms with Gasteiger partial charge in [-0.1, -0.05) is 24.6 Å². The maximum atomic E-state index is 11.5. The Morgan fingerprint density at radius 1 is 1.50 bits per heavy atom. The first-order valence-electron chi connectivity index (χ1n) is 5.78. The van der Waals surface area contributed by atoms with E-state index in [4.69, 9.17) is 16.3 Å². The molecule has 4 nitrogen and oxygen atoms in total. The molecule has 1 fully saturated rings. The van der Waals surface area contributed by atoms with Gasteiger partial charge < -0.3 is 10.1 Å². The van der Waals surface area contributed by atoms with Crippen LogP contribution in [0.1, 0.15) is 13.3 Å². The topological polar surface area (TPSA) is 55.4 Å². The maximum absolute atomic E-state index is 11.5. The van der Waals surface area contributed by atoms with Crippen molar-refractivity contribution < 1.29 is 14.3 Å². The lowest BCUT2D eigenvalue weighted by atomic mass is 10.3. The number of halogens is 1. The van der Waals surface area contributed by atoms with Crippen molar-refractivity contribution in [3.63, 3.8) is 0 Å². The van der Waals surface area contributed by atoms with E-state index >= 15 is 0 Å². The van der Waals surface area contributed by atoms with Gasteiger partial charge in [0.05, 0.1) is 5.92 Å². The first kappa shape index (κ1) is 12.9. The molecule has 1 saturated carbocycles. The van der Waals surface area contributed by atoms with Gasteiger partial charge >= 0.3 is 5.97 Å². The second-order valence-corrected chi connectivity index (χ2v) is 4.92. The molecule has 0 saturated heterocycles. The summed E-state index contributed by atoms with van der Waals surface area (Å²) in [5.41, 5.74) is 0.586. The number of carbonyl (C=O) groups excluding carboxylic acids is 2. The van der Waals surface area contributed by atoms with E-state index in [0.717, 1.165) is 6.42 Å². The first-order valence-corrected chi connectivity index (χ1v) is 6.16. The van der Waals surface area contributed by atoms with Gasteiger partial charge in [0.1, 0.15) is 0 Å². The molecule has 1 aromatic rings. The van der Waals surface area contributed by atoms with Crippen LogP contribution in [0.2, 0.25) is 5.02 Å². The van der Waals surface area contributed by atoms with Crippen molar-refractivity contribution in [2.75, 3.05) is 11.9 Å². The lowest BCUT2D eigenvalue weighted by Crippen LogP contribution is -2.21. The van der Waals surface area contributed by atoms with E-state index in [1.54, 1.807) is 24.3 Å². The number of benzene rings is 1. The van der Waals surface area contributed by atoms with Gasteiger partial charge in [-0.15, -0.1) is 0 Å². The van der Waals surface area contributed by atoms with Crippen molar-refractivity contribution in [2.24, 2.45) is 11.8 Å². The zero-order chi connectivity index (χ0) is 13.1. The molecule has 0 aliphatic heterocycles. The van der Waals surface area contributed by atoms with Gasteiger partial charge in [0.15, 0.2) is 6.61 Å². The molecule has 18 heavy (non-hydrogen) atoms. The van der Waals surface area contributed by atoms with E-state index in [0.29, 0.717) is 16.6 Å². The summed E-state index contributed by atoms with van der Waals surface area (Å²) in [6.07, 6.45) is 0.856. The van der Waals surface area contributed by atoms with Crippen molar-refractivity contribution >= 4 is 29.2 Å². The molecule has 0 radical (unpaired) electrons. The second kappa shape index (κ2) is 5.40. The summed E-state index contributed by atoms with van der Waals surface area (Å²) in [5, 5.41) is 3.15. The number of hydrogen-bond acceptors (Lipinski definition) is 3. The molecule has 2 rings (SSSR count). The summed E-state index contributed by atoms with van der Waals surface area (Å²) in [6.45, 7) is 1.73. The summed E-state index contributed by atoms with van der Waals surface area (Å²) in [7, 11) is 0. The Balaban J connectivity index is 1.77. The van der Waals surface area contributed by atoms with Crippen LogP contribution in [0.15, 0.2) is 24.3 Å². The molecule has 1 aliphatic rings. The Morgan fingerprint density at radius 2 is 2.22 bits per heavy atom. The van der Waals surface area contributed by atoms with E-state index in [2.05, 4.69) is 5.32 Å². The maximum Gasteiger partial charge on any atom is 0.309 e. The van der Waals surface area contributed by atoms with Crippen molar-refractivity contribution in [2.45, 2.75) is 13.3 Å². The predicted octanol–water partition coefficient (Wildman–Crippen LogP) is 2.48. The van der Waals surface area contributed by atoms with E-state index in [-0.39, 0.29) is 24.4 Å². The number of hydrogen-bond donors (Lipinski definition) is 1. The van der Waals surface area contributed by atoms with Crippen molar-refractivity contribution in [1.82, 2.24) is 0 Å². The van der Waals surface area contributed by atoms with Gasteiger partial charge in [0.2, 0.25) is 0 Å². The lowest BCUT2D eigenvalue weighted by molar-refractivity contribution is -0.148. The molecule has 0 aromatic heterocycles. The normalized spacial score (nSPS) is 21.2. The SMILES string of the molecule is C[C@@H]1C[C@H]1C(=O)OCC(=O)Nc1cccc(Cl)c1. The Bertz CT molecular complexity index is 475. The third kappa shape index (κ3) is 3.47. The van der Waals surface area contributed by atoms with Gasteiger partial charge in [0.25, 0.3) is 5.91 Å². The van der Waals surface area contributed by atoms with Crippen LogP contribution in [0.4, 0.5) is 5.69 Å². The third-order valence-electron chi connectivity index (χ3n) is 2.87. The number of carbonyl (C=O) groups is 2. The molecule has 0 unspecified atom stereocenters. The third-order valence-corrected chi connectivity index (χ3v) is 3.10. The predicted molar refractivity (Wildman–Crippen MR) is 68.3 cm³/mol. The molecule has 96 valence electrons. The van der Waals surface area contributed by atoms with Crippen LogP contribution in [0, 0.1) is 11.8 Å². The van der Waals surface area contributed by atoms with Crippen LogP contribution >= 0.6 is 11.6 Å². The second-order valence-electron chi connectivity index (χ2n) is 4.49. The average Bonchev–Trinajstić information content (AvgIpc) is 3.03. The number of anilines is 1. The number of ether oxygens (including phenoxy) is 1. The number of esters is 1. The molecule has 0 bridgehead atoms. The lowest BCUT2D eigenvalue weighted by Gasteiger charge is -2.06. The summed E-state index contributed by atoms with van der Waals surface area (Å²) in [4.78, 5) is 22.9. The monoisotopic (exact) mass is 267 g/mol. The van der Waals surface area contributed by atoms with Crippen LogP contribution in [-0.4, -0.2) is 18.5 Å². The molecule has 1 aliphatic carbocycles. The number of rotatable bonds is 4. The minimum absolute atomic E-state index is 0.0241. The van der Waals surface area contributed by atoms with Crippen molar-refractivity contribution in [1.29, 1.82) is 0 Å². The molecule has 0 spiro atoms. The fourth-order valence-corrected chi connectivity index (χ4v) is 1.85. The molecular formula is C13H14ClNO3. The van der Waals surface area contributed by atoms with Crippen molar-refractivity contribution in [3.05, 3.63) is 29.3 Å². The number of amides is 1. The van der Waals surface area contributed by atoms with Crippen LogP contribution in [0.25, 0.3) is 0 Å². The van der Waals surface area contributed by atoms with Crippen LogP contribution in [0.5, 0.6) is 0 Å². The molecule has 1 N–H and O–H groups in total. The van der Waals surface area contributed by atoms with Gasteiger partial charge in [0, 0.05) is 10.7 Å². The van der Waals surface area contributed by atoms with Crippen molar-refractivity contribution in [3.8, 4) is 0 Å². The zero-order valence-corrected chi connectivity index (χ0v) is 10.7. The fourth-order valence-electron chi connectivity index (χ4n) is 1.66. The van der Waals surface area contributed by atoms with E-state index in [1.165, 1.54) is 0 Å². The highest BCUT2D eigenvalue weighted by molar-refractivity contribution is 6.30. The van der Waals surface area contributed by atoms with Crippen LogP contribution in [-0.2, 0) is 14.3 Å². The standard InChI is InChI=1S/C13H14ClNO3/c1-8-5-11(8)13(17)18-7-12(16)15-10-4-2-3-9(14)6-10/h2-4,6,8,11H,5,7H2,1H3,(H,15,16)/t8-,11-/m1/s1. The quantitative estimate of drug-likeness (QED) is 0.853. The molecule has 0 heterocycles. The highest BCUT2D eigenvalue weighted by Gasteiger charge is 2.40. The summed E-state index contributed by atoms with van der Waals surface area (Å²) in [5.74, 6) is -0.292. The van der Waals surface area contributed by atoms with Gasteiger partial charge in [-0.05, 0) is 30.5 Å². The highest BCUT2D eigenvalue weighted by Crippen LogP contribution is 2.38. The molecule has 2 atom stereocenters. The zero-order valence-electron chi connectivity index (χ0n) is 9.98. The Kier molecular flexibility index (Phi) is 3.87.